The fourth-order valence-corrected chi connectivity index (χ4v) is 2.13. The molecule has 2 unspecified atom stereocenters. The van der Waals surface area contributed by atoms with E-state index in [4.69, 9.17) is 10.8 Å². The molecular weight excluding hydrogens is 254 g/mol. The number of aliphatic carboxylic acids is 1. The number of rotatable bonds is 6. The van der Waals surface area contributed by atoms with Crippen LogP contribution in [0.1, 0.15) is 48.2 Å². The third-order valence-corrected chi connectivity index (χ3v) is 3.44. The van der Waals surface area contributed by atoms with Crippen molar-refractivity contribution in [3.63, 3.8) is 0 Å². The first-order valence-corrected chi connectivity index (χ1v) is 6.55. The van der Waals surface area contributed by atoms with Crippen LogP contribution in [-0.2, 0) is 4.79 Å². The minimum Gasteiger partial charge on any atom is -0.481 e. The van der Waals surface area contributed by atoms with Gasteiger partial charge in [-0.15, -0.1) is 11.3 Å². The molecule has 0 saturated carbocycles. The summed E-state index contributed by atoms with van der Waals surface area (Å²) in [6.45, 7) is 3.61. The van der Waals surface area contributed by atoms with E-state index in [0.29, 0.717) is 11.4 Å². The largest absolute Gasteiger partial charge is 0.481 e. The molecule has 0 aliphatic carbocycles. The van der Waals surface area contributed by atoms with Crippen LogP contribution < -0.4 is 11.1 Å². The van der Waals surface area contributed by atoms with E-state index in [1.807, 2.05) is 6.92 Å². The number of nitrogens with two attached hydrogens (primary N) is 1. The topological polar surface area (TPSA) is 105 Å². The zero-order valence-corrected chi connectivity index (χ0v) is 11.2. The third kappa shape index (κ3) is 4.08. The summed E-state index contributed by atoms with van der Waals surface area (Å²) in [4.78, 5) is 26.5. The van der Waals surface area contributed by atoms with Gasteiger partial charge in [-0.1, -0.05) is 6.92 Å². The molecule has 2 atom stereocenters. The highest BCUT2D eigenvalue weighted by Crippen LogP contribution is 2.16. The van der Waals surface area contributed by atoms with E-state index >= 15 is 0 Å². The zero-order valence-electron chi connectivity index (χ0n) is 10.3. The first-order chi connectivity index (χ1) is 8.43. The lowest BCUT2D eigenvalue weighted by Crippen LogP contribution is -2.36. The lowest BCUT2D eigenvalue weighted by molar-refractivity contribution is -0.137. The molecule has 0 spiro atoms. The van der Waals surface area contributed by atoms with Gasteiger partial charge >= 0.3 is 5.97 Å². The maximum Gasteiger partial charge on any atom is 0.305 e. The van der Waals surface area contributed by atoms with Crippen molar-refractivity contribution in [2.75, 3.05) is 0 Å². The van der Waals surface area contributed by atoms with E-state index in [9.17, 15) is 9.59 Å². The van der Waals surface area contributed by atoms with E-state index in [1.54, 1.807) is 12.3 Å². The molecule has 7 heteroatoms. The van der Waals surface area contributed by atoms with Crippen LogP contribution in [0.2, 0.25) is 0 Å². The molecular formula is C11H17N3O3S. The van der Waals surface area contributed by atoms with Crippen molar-refractivity contribution in [1.29, 1.82) is 0 Å². The van der Waals surface area contributed by atoms with Crippen molar-refractivity contribution in [3.05, 3.63) is 16.1 Å². The number of carbonyl (C=O) groups is 2. The van der Waals surface area contributed by atoms with Crippen molar-refractivity contribution >= 4 is 23.2 Å². The van der Waals surface area contributed by atoms with Gasteiger partial charge in [0.05, 0.1) is 12.5 Å². The Bertz CT molecular complexity index is 431. The lowest BCUT2D eigenvalue weighted by Gasteiger charge is -2.13. The summed E-state index contributed by atoms with van der Waals surface area (Å²) in [7, 11) is 0. The number of hydrogen-bond acceptors (Lipinski definition) is 5. The van der Waals surface area contributed by atoms with E-state index in [-0.39, 0.29) is 30.1 Å². The molecule has 1 amide bonds. The summed E-state index contributed by atoms with van der Waals surface area (Å²) in [5.74, 6) is -1.29. The summed E-state index contributed by atoms with van der Waals surface area (Å²) >= 11 is 1.32. The summed E-state index contributed by atoms with van der Waals surface area (Å²) in [6.07, 6.45) is 0.467. The molecule has 0 aromatic carbocycles. The second-order valence-corrected chi connectivity index (χ2v) is 4.93. The number of aromatic nitrogens is 1. The molecule has 0 aliphatic rings. The minimum atomic E-state index is -0.934. The molecule has 0 fully saturated rings. The van der Waals surface area contributed by atoms with Crippen LogP contribution in [-0.4, -0.2) is 28.0 Å². The highest BCUT2D eigenvalue weighted by molar-refractivity contribution is 7.09. The Hall–Kier alpha value is -1.47. The Morgan fingerprint density at radius 3 is 2.72 bits per heavy atom. The Morgan fingerprint density at radius 1 is 1.61 bits per heavy atom. The maximum atomic E-state index is 11.8. The lowest BCUT2D eigenvalue weighted by atomic mass is 10.1. The van der Waals surface area contributed by atoms with Crippen LogP contribution in [0.15, 0.2) is 5.38 Å². The number of carboxylic acid groups (broad SMARTS) is 1. The Morgan fingerprint density at radius 2 is 2.28 bits per heavy atom. The minimum absolute atomic E-state index is 0.0907. The Balaban J connectivity index is 2.65. The SMILES string of the molecule is CCC(CC(=O)O)NC(=O)c1csc(C(C)N)n1. The van der Waals surface area contributed by atoms with E-state index in [1.165, 1.54) is 11.3 Å². The zero-order chi connectivity index (χ0) is 13.7. The van der Waals surface area contributed by atoms with Crippen LogP contribution in [0.25, 0.3) is 0 Å². The van der Waals surface area contributed by atoms with Crippen LogP contribution in [0.5, 0.6) is 0 Å². The number of amides is 1. The van der Waals surface area contributed by atoms with Crippen LogP contribution in [0.3, 0.4) is 0 Å². The predicted octanol–water partition coefficient (Wildman–Crippen LogP) is 1.15. The van der Waals surface area contributed by atoms with Crippen molar-refractivity contribution in [2.45, 2.75) is 38.8 Å². The smallest absolute Gasteiger partial charge is 0.305 e. The molecule has 6 nitrogen and oxygen atoms in total. The molecule has 0 radical (unpaired) electrons. The van der Waals surface area contributed by atoms with Gasteiger partial charge in [0, 0.05) is 11.4 Å². The highest BCUT2D eigenvalue weighted by Gasteiger charge is 2.17. The van der Waals surface area contributed by atoms with Gasteiger partial charge in [0.15, 0.2) is 0 Å². The normalized spacial score (nSPS) is 13.9. The van der Waals surface area contributed by atoms with Gasteiger partial charge in [0.25, 0.3) is 5.91 Å². The van der Waals surface area contributed by atoms with Crippen LogP contribution in [0, 0.1) is 0 Å². The van der Waals surface area contributed by atoms with Crippen molar-refractivity contribution in [3.8, 4) is 0 Å². The number of nitrogens with one attached hydrogen (secondary N) is 1. The molecule has 0 aliphatic heterocycles. The number of carbonyl (C=O) groups excluding carboxylic acids is 1. The second-order valence-electron chi connectivity index (χ2n) is 4.04. The van der Waals surface area contributed by atoms with Gasteiger partial charge in [-0.3, -0.25) is 9.59 Å². The summed E-state index contributed by atoms with van der Waals surface area (Å²) < 4.78 is 0. The molecule has 4 N–H and O–H groups in total. The molecule has 1 aromatic rings. The Labute approximate surface area is 109 Å². The number of thiazole rings is 1. The van der Waals surface area contributed by atoms with E-state index < -0.39 is 5.97 Å². The third-order valence-electron chi connectivity index (χ3n) is 2.39. The number of nitrogens with zero attached hydrogens (tertiary/aromatic N) is 1. The van der Waals surface area contributed by atoms with Crippen molar-refractivity contribution < 1.29 is 14.7 Å². The van der Waals surface area contributed by atoms with Crippen molar-refractivity contribution in [1.82, 2.24) is 10.3 Å². The Kier molecular flexibility index (Phi) is 5.24. The monoisotopic (exact) mass is 271 g/mol. The summed E-state index contributed by atoms with van der Waals surface area (Å²) in [5, 5.41) is 13.7. The van der Waals surface area contributed by atoms with Crippen molar-refractivity contribution in [2.24, 2.45) is 5.73 Å². The molecule has 1 rings (SSSR count). The highest BCUT2D eigenvalue weighted by atomic mass is 32.1. The van der Waals surface area contributed by atoms with Gasteiger partial charge in [-0.2, -0.15) is 0 Å². The molecule has 18 heavy (non-hydrogen) atoms. The van der Waals surface area contributed by atoms with E-state index in [0.717, 1.165) is 0 Å². The van der Waals surface area contributed by atoms with Gasteiger partial charge in [-0.25, -0.2) is 4.98 Å². The molecule has 1 aromatic heterocycles. The predicted molar refractivity (Wildman–Crippen MR) is 68.5 cm³/mol. The maximum absolute atomic E-state index is 11.8. The fourth-order valence-electron chi connectivity index (χ4n) is 1.37. The molecule has 100 valence electrons. The second kappa shape index (κ2) is 6.46. The first-order valence-electron chi connectivity index (χ1n) is 5.67. The standard InChI is InChI=1S/C11H17N3O3S/c1-3-7(4-9(15)16)13-10(17)8-5-18-11(14-8)6(2)12/h5-7H,3-4,12H2,1-2H3,(H,13,17)(H,15,16). The average Bonchev–Trinajstić information content (AvgIpc) is 2.76. The number of hydrogen-bond donors (Lipinski definition) is 3. The van der Waals surface area contributed by atoms with Gasteiger partial charge in [-0.05, 0) is 13.3 Å². The molecule has 0 bridgehead atoms. The van der Waals surface area contributed by atoms with Gasteiger partial charge < -0.3 is 16.2 Å². The van der Waals surface area contributed by atoms with Crippen LogP contribution in [0.4, 0.5) is 0 Å². The quantitative estimate of drug-likeness (QED) is 0.719. The van der Waals surface area contributed by atoms with E-state index in [2.05, 4.69) is 10.3 Å². The first kappa shape index (κ1) is 14.6. The summed E-state index contributed by atoms with van der Waals surface area (Å²) in [5.41, 5.74) is 5.95. The summed E-state index contributed by atoms with van der Waals surface area (Å²) in [6, 6.07) is -0.590. The average molecular weight is 271 g/mol. The number of carboxylic acids is 1. The van der Waals surface area contributed by atoms with Gasteiger partial charge in [0.2, 0.25) is 0 Å². The van der Waals surface area contributed by atoms with Crippen LogP contribution >= 0.6 is 11.3 Å². The fraction of sp³-hybridized carbons (Fsp3) is 0.545. The molecule has 1 heterocycles. The molecule has 0 saturated heterocycles. The van der Waals surface area contributed by atoms with Gasteiger partial charge in [0.1, 0.15) is 10.7 Å².